The van der Waals surface area contributed by atoms with Crippen molar-refractivity contribution in [2.45, 2.75) is 5.38 Å². The topological polar surface area (TPSA) is 101 Å². The Kier molecular flexibility index (Phi) is 6.00. The molecule has 108 valence electrons. The van der Waals surface area contributed by atoms with Crippen LogP contribution in [0, 0.1) is 10.1 Å². The maximum Gasteiger partial charge on any atom is 0.325 e. The zero-order chi connectivity index (χ0) is 15.3. The molecule has 7 nitrogen and oxygen atoms in total. The van der Waals surface area contributed by atoms with E-state index in [9.17, 15) is 19.7 Å². The summed E-state index contributed by atoms with van der Waals surface area (Å²) in [6.07, 6.45) is 0. The van der Waals surface area contributed by atoms with Gasteiger partial charge in [-0.25, -0.2) is 4.79 Å². The molecular weight excluding hydrogens is 332 g/mol. The number of urea groups is 1. The molecule has 0 heterocycles. The number of hydrogen-bond donors (Lipinski definition) is 2. The molecule has 1 rings (SSSR count). The second kappa shape index (κ2) is 7.28. The molecule has 20 heavy (non-hydrogen) atoms. The number of nitrogens with one attached hydrogen (secondary N) is 2. The van der Waals surface area contributed by atoms with Crippen molar-refractivity contribution in [1.82, 2.24) is 5.32 Å². The lowest BCUT2D eigenvalue weighted by molar-refractivity contribution is -0.384. The molecular formula is C10H8Cl3N3O4. The van der Waals surface area contributed by atoms with Crippen LogP contribution in [0.25, 0.3) is 0 Å². The van der Waals surface area contributed by atoms with Crippen molar-refractivity contribution in [2.75, 3.05) is 11.2 Å². The number of nitrogens with zero attached hydrogens (tertiary/aromatic N) is 1. The Bertz CT molecular complexity index is 553. The summed E-state index contributed by atoms with van der Waals surface area (Å²) in [6.45, 7) is 0. The van der Waals surface area contributed by atoms with Crippen LogP contribution < -0.4 is 10.6 Å². The van der Waals surface area contributed by atoms with Crippen LogP contribution in [0.1, 0.15) is 0 Å². The Morgan fingerprint density at radius 2 is 2.05 bits per heavy atom. The quantitative estimate of drug-likeness (QED) is 0.500. The minimum absolute atomic E-state index is 0.0402. The third-order valence-electron chi connectivity index (χ3n) is 2.07. The molecule has 1 aromatic rings. The van der Waals surface area contributed by atoms with E-state index >= 15 is 0 Å². The Hall–Kier alpha value is -1.57. The smallest absolute Gasteiger partial charge is 0.306 e. The molecule has 0 aliphatic heterocycles. The SMILES string of the molecule is O=C(NC(=O)C(Cl)CCl)Nc1ccc([N+](=O)[O-])cc1Cl. The first kappa shape index (κ1) is 16.5. The van der Waals surface area contributed by atoms with Crippen LogP contribution >= 0.6 is 34.8 Å². The van der Waals surface area contributed by atoms with Gasteiger partial charge in [0.2, 0.25) is 5.91 Å². The van der Waals surface area contributed by atoms with E-state index in [1.807, 2.05) is 5.32 Å². The number of hydrogen-bond acceptors (Lipinski definition) is 4. The third-order valence-corrected chi connectivity index (χ3v) is 3.20. The van der Waals surface area contributed by atoms with Gasteiger partial charge in [-0.1, -0.05) is 11.6 Å². The van der Waals surface area contributed by atoms with Gasteiger partial charge in [0, 0.05) is 18.0 Å². The van der Waals surface area contributed by atoms with E-state index in [4.69, 9.17) is 34.8 Å². The highest BCUT2D eigenvalue weighted by atomic mass is 35.5. The van der Waals surface area contributed by atoms with Crippen LogP contribution in [-0.2, 0) is 4.79 Å². The van der Waals surface area contributed by atoms with E-state index < -0.39 is 22.2 Å². The van der Waals surface area contributed by atoms with Gasteiger partial charge in [-0.2, -0.15) is 0 Å². The average molecular weight is 341 g/mol. The molecule has 0 fully saturated rings. The number of nitro groups is 1. The molecule has 0 spiro atoms. The first-order valence-electron chi connectivity index (χ1n) is 5.11. The van der Waals surface area contributed by atoms with Crippen LogP contribution in [0.3, 0.4) is 0 Å². The van der Waals surface area contributed by atoms with Crippen molar-refractivity contribution < 1.29 is 14.5 Å². The molecule has 3 amide bonds. The van der Waals surface area contributed by atoms with Gasteiger partial charge in [0.25, 0.3) is 5.69 Å². The molecule has 10 heteroatoms. The largest absolute Gasteiger partial charge is 0.325 e. The number of benzene rings is 1. The number of non-ortho nitro benzene ring substituents is 1. The molecule has 0 aromatic heterocycles. The van der Waals surface area contributed by atoms with Gasteiger partial charge in [-0.05, 0) is 6.07 Å². The minimum atomic E-state index is -1.05. The molecule has 1 atom stereocenters. The molecule has 0 radical (unpaired) electrons. The van der Waals surface area contributed by atoms with Gasteiger partial charge in [0.05, 0.1) is 15.6 Å². The van der Waals surface area contributed by atoms with Gasteiger partial charge in [-0.3, -0.25) is 20.2 Å². The molecule has 0 aliphatic rings. The molecule has 0 saturated heterocycles. The predicted octanol–water partition coefficient (Wildman–Crippen LogP) is 2.74. The number of carbonyl (C=O) groups is 2. The maximum absolute atomic E-state index is 11.5. The number of rotatable bonds is 4. The van der Waals surface area contributed by atoms with Crippen LogP contribution in [0.4, 0.5) is 16.2 Å². The van der Waals surface area contributed by atoms with Gasteiger partial charge in [0.1, 0.15) is 5.38 Å². The van der Waals surface area contributed by atoms with E-state index in [1.54, 1.807) is 0 Å². The highest BCUT2D eigenvalue weighted by molar-refractivity contribution is 6.37. The van der Waals surface area contributed by atoms with Crippen molar-refractivity contribution >= 4 is 58.1 Å². The molecule has 0 aliphatic carbocycles. The number of nitro benzene ring substituents is 1. The summed E-state index contributed by atoms with van der Waals surface area (Å²) in [4.78, 5) is 32.7. The number of alkyl halides is 2. The minimum Gasteiger partial charge on any atom is -0.306 e. The number of amides is 3. The fourth-order valence-electron chi connectivity index (χ4n) is 1.13. The monoisotopic (exact) mass is 339 g/mol. The summed E-state index contributed by atoms with van der Waals surface area (Å²) in [5.41, 5.74) is -0.112. The van der Waals surface area contributed by atoms with E-state index in [-0.39, 0.29) is 22.3 Å². The number of carbonyl (C=O) groups excluding carboxylic acids is 2. The standard InChI is InChI=1S/C10H8Cl3N3O4/c11-4-7(13)9(17)15-10(18)14-8-2-1-5(16(19)20)3-6(8)12/h1-3,7H,4H2,(H2,14,15,17,18). The highest BCUT2D eigenvalue weighted by Gasteiger charge is 2.18. The normalized spacial score (nSPS) is 11.6. The highest BCUT2D eigenvalue weighted by Crippen LogP contribution is 2.26. The van der Waals surface area contributed by atoms with Crippen molar-refractivity contribution in [2.24, 2.45) is 0 Å². The Labute approximate surface area is 128 Å². The van der Waals surface area contributed by atoms with Crippen LogP contribution in [0.15, 0.2) is 18.2 Å². The van der Waals surface area contributed by atoms with E-state index in [0.717, 1.165) is 12.1 Å². The summed E-state index contributed by atoms with van der Waals surface area (Å²) >= 11 is 16.6. The van der Waals surface area contributed by atoms with Crippen molar-refractivity contribution in [3.63, 3.8) is 0 Å². The van der Waals surface area contributed by atoms with Gasteiger partial charge in [-0.15, -0.1) is 23.2 Å². The lowest BCUT2D eigenvalue weighted by Crippen LogP contribution is -2.39. The third kappa shape index (κ3) is 4.52. The van der Waals surface area contributed by atoms with Crippen molar-refractivity contribution in [3.8, 4) is 0 Å². The summed E-state index contributed by atoms with van der Waals surface area (Å²) < 4.78 is 0. The Balaban J connectivity index is 2.72. The van der Waals surface area contributed by atoms with Crippen LogP contribution in [0.2, 0.25) is 5.02 Å². The molecule has 0 bridgehead atoms. The average Bonchev–Trinajstić information content (AvgIpc) is 2.39. The Morgan fingerprint density at radius 1 is 1.40 bits per heavy atom. The zero-order valence-electron chi connectivity index (χ0n) is 9.73. The second-order valence-electron chi connectivity index (χ2n) is 3.49. The molecule has 1 aromatic carbocycles. The fraction of sp³-hybridized carbons (Fsp3) is 0.200. The number of halogens is 3. The van der Waals surface area contributed by atoms with Crippen LogP contribution in [0.5, 0.6) is 0 Å². The van der Waals surface area contributed by atoms with Crippen LogP contribution in [-0.4, -0.2) is 28.1 Å². The lowest BCUT2D eigenvalue weighted by Gasteiger charge is -2.09. The van der Waals surface area contributed by atoms with Crippen molar-refractivity contribution in [3.05, 3.63) is 33.3 Å². The van der Waals surface area contributed by atoms with Gasteiger partial charge in [0.15, 0.2) is 0 Å². The van der Waals surface area contributed by atoms with Gasteiger partial charge >= 0.3 is 6.03 Å². The summed E-state index contributed by atoms with van der Waals surface area (Å²) in [5, 5.41) is 13.6. The Morgan fingerprint density at radius 3 is 2.55 bits per heavy atom. The first-order valence-corrected chi connectivity index (χ1v) is 6.46. The fourth-order valence-corrected chi connectivity index (χ4v) is 1.55. The van der Waals surface area contributed by atoms with E-state index in [0.29, 0.717) is 0 Å². The van der Waals surface area contributed by atoms with E-state index in [1.165, 1.54) is 6.07 Å². The summed E-state index contributed by atoms with van der Waals surface area (Å²) in [7, 11) is 0. The second-order valence-corrected chi connectivity index (χ2v) is 4.73. The lowest BCUT2D eigenvalue weighted by atomic mass is 10.3. The number of anilines is 1. The van der Waals surface area contributed by atoms with Gasteiger partial charge < -0.3 is 5.32 Å². The predicted molar refractivity (Wildman–Crippen MR) is 75.6 cm³/mol. The van der Waals surface area contributed by atoms with E-state index in [2.05, 4.69) is 5.32 Å². The summed E-state index contributed by atoms with van der Waals surface area (Å²) in [6, 6.07) is 2.60. The molecule has 2 N–H and O–H groups in total. The number of imide groups is 1. The maximum atomic E-state index is 11.5. The summed E-state index contributed by atoms with van der Waals surface area (Å²) in [5.74, 6) is -0.920. The van der Waals surface area contributed by atoms with Crippen molar-refractivity contribution in [1.29, 1.82) is 0 Å². The molecule has 1 unspecified atom stereocenters. The zero-order valence-corrected chi connectivity index (χ0v) is 12.0. The molecule has 0 saturated carbocycles. The first-order chi connectivity index (χ1) is 9.35.